The van der Waals surface area contributed by atoms with Crippen LogP contribution in [0, 0.1) is 11.6 Å². The molecule has 2 aromatic carbocycles. The number of carbonyl (C=O) groups is 2. The molecule has 0 aromatic heterocycles. The lowest BCUT2D eigenvalue weighted by atomic mass is 10.0. The summed E-state index contributed by atoms with van der Waals surface area (Å²) in [7, 11) is 1.56. The van der Waals surface area contributed by atoms with E-state index in [2.05, 4.69) is 0 Å². The van der Waals surface area contributed by atoms with Gasteiger partial charge >= 0.3 is 0 Å². The molecule has 0 saturated heterocycles. The van der Waals surface area contributed by atoms with Crippen LogP contribution < -0.4 is 4.90 Å². The van der Waals surface area contributed by atoms with Crippen LogP contribution in [-0.2, 0) is 9.59 Å². The van der Waals surface area contributed by atoms with Gasteiger partial charge in [-0.05, 0) is 17.7 Å². The minimum atomic E-state index is -1.01. The van der Waals surface area contributed by atoms with Crippen LogP contribution in [-0.4, -0.2) is 42.0 Å². The van der Waals surface area contributed by atoms with Crippen LogP contribution in [0.1, 0.15) is 5.56 Å². The van der Waals surface area contributed by atoms with Gasteiger partial charge in [-0.3, -0.25) is 9.59 Å². The van der Waals surface area contributed by atoms with Gasteiger partial charge in [-0.2, -0.15) is 0 Å². The van der Waals surface area contributed by atoms with E-state index in [1.54, 1.807) is 37.4 Å². The lowest BCUT2D eigenvalue weighted by Crippen LogP contribution is -2.35. The van der Waals surface area contributed by atoms with Crippen LogP contribution in [0.3, 0.4) is 0 Å². The van der Waals surface area contributed by atoms with Crippen molar-refractivity contribution in [2.75, 3.05) is 25.1 Å². The van der Waals surface area contributed by atoms with E-state index >= 15 is 0 Å². The molecule has 0 saturated carbocycles. The summed E-state index contributed by atoms with van der Waals surface area (Å²) in [5.41, 5.74) is 0.340. The van der Waals surface area contributed by atoms with E-state index in [1.807, 2.05) is 0 Å². The molecule has 2 amide bonds. The fourth-order valence-corrected chi connectivity index (χ4v) is 2.88. The van der Waals surface area contributed by atoms with Crippen LogP contribution in [0.5, 0.6) is 0 Å². The zero-order valence-corrected chi connectivity index (χ0v) is 13.9. The number of amides is 2. The van der Waals surface area contributed by atoms with Gasteiger partial charge in [-0.15, -0.1) is 0 Å². The molecule has 1 aliphatic heterocycles. The van der Waals surface area contributed by atoms with E-state index in [9.17, 15) is 23.5 Å². The topological polar surface area (TPSA) is 60.9 Å². The maximum Gasteiger partial charge on any atom is 0.282 e. The van der Waals surface area contributed by atoms with E-state index in [4.69, 9.17) is 0 Å². The summed E-state index contributed by atoms with van der Waals surface area (Å²) in [5, 5.41) is 9.19. The quantitative estimate of drug-likeness (QED) is 0.833. The molecule has 26 heavy (non-hydrogen) atoms. The van der Waals surface area contributed by atoms with Crippen molar-refractivity contribution in [2.24, 2.45) is 0 Å². The maximum atomic E-state index is 14.2. The maximum absolute atomic E-state index is 14.2. The molecule has 1 aliphatic rings. The van der Waals surface area contributed by atoms with Crippen LogP contribution in [0.25, 0.3) is 5.57 Å². The normalized spacial score (nSPS) is 14.4. The van der Waals surface area contributed by atoms with Gasteiger partial charge in [0.2, 0.25) is 0 Å². The van der Waals surface area contributed by atoms with E-state index in [0.717, 1.165) is 12.1 Å². The minimum Gasteiger partial charge on any atom is -0.395 e. The Kier molecular flexibility index (Phi) is 4.81. The Bertz CT molecular complexity index is 897. The van der Waals surface area contributed by atoms with Crippen molar-refractivity contribution in [2.45, 2.75) is 0 Å². The van der Waals surface area contributed by atoms with Crippen molar-refractivity contribution >= 4 is 23.1 Å². The number of rotatable bonds is 5. The van der Waals surface area contributed by atoms with Gasteiger partial charge in [-0.25, -0.2) is 13.7 Å². The Morgan fingerprint density at radius 3 is 2.35 bits per heavy atom. The molecular weight excluding hydrogens is 342 g/mol. The molecule has 1 heterocycles. The SMILES string of the molecule is CN(CCO)C1=C(c2ccccc2)C(=O)N(c2ccc(F)cc2F)C1=O. The fourth-order valence-electron chi connectivity index (χ4n) is 2.88. The van der Waals surface area contributed by atoms with Crippen LogP contribution in [0.15, 0.2) is 54.2 Å². The Morgan fingerprint density at radius 2 is 1.73 bits per heavy atom. The first-order valence-electron chi connectivity index (χ1n) is 7.91. The van der Waals surface area contributed by atoms with Crippen LogP contribution in [0.4, 0.5) is 14.5 Å². The molecule has 134 valence electrons. The van der Waals surface area contributed by atoms with E-state index in [-0.39, 0.29) is 30.1 Å². The van der Waals surface area contributed by atoms with Crippen molar-refractivity contribution in [1.29, 1.82) is 0 Å². The molecule has 5 nitrogen and oxygen atoms in total. The van der Waals surface area contributed by atoms with Crippen molar-refractivity contribution < 1.29 is 23.5 Å². The number of anilines is 1. The Balaban J connectivity index is 2.14. The molecule has 0 aliphatic carbocycles. The first-order valence-corrected chi connectivity index (χ1v) is 7.91. The summed E-state index contributed by atoms with van der Waals surface area (Å²) in [6.07, 6.45) is 0. The number of aliphatic hydroxyl groups excluding tert-OH is 1. The molecule has 0 radical (unpaired) electrons. The number of nitrogens with zero attached hydrogens (tertiary/aromatic N) is 2. The summed E-state index contributed by atoms with van der Waals surface area (Å²) in [6.45, 7) is -0.112. The number of hydrogen-bond acceptors (Lipinski definition) is 4. The number of hydrogen-bond donors (Lipinski definition) is 1. The van der Waals surface area contributed by atoms with E-state index in [1.165, 1.54) is 4.90 Å². The summed E-state index contributed by atoms with van der Waals surface area (Å²) < 4.78 is 27.4. The first-order chi connectivity index (χ1) is 12.5. The zero-order chi connectivity index (χ0) is 18.8. The lowest BCUT2D eigenvalue weighted by Gasteiger charge is -2.20. The first kappa shape index (κ1) is 17.8. The highest BCUT2D eigenvalue weighted by Crippen LogP contribution is 2.35. The van der Waals surface area contributed by atoms with Crippen molar-refractivity contribution in [3.05, 3.63) is 71.4 Å². The smallest absolute Gasteiger partial charge is 0.282 e. The predicted molar refractivity (Wildman–Crippen MR) is 91.9 cm³/mol. The highest BCUT2D eigenvalue weighted by Gasteiger charge is 2.42. The highest BCUT2D eigenvalue weighted by molar-refractivity contribution is 6.45. The number of carbonyl (C=O) groups excluding carboxylic acids is 2. The van der Waals surface area contributed by atoms with E-state index < -0.39 is 23.4 Å². The molecule has 0 fully saturated rings. The average Bonchev–Trinajstić information content (AvgIpc) is 2.87. The highest BCUT2D eigenvalue weighted by atomic mass is 19.1. The Morgan fingerprint density at radius 1 is 1.04 bits per heavy atom. The molecule has 3 rings (SSSR count). The zero-order valence-electron chi connectivity index (χ0n) is 13.9. The summed E-state index contributed by atoms with van der Waals surface area (Å²) in [6, 6.07) is 11.2. The molecule has 0 unspecified atom stereocenters. The largest absolute Gasteiger partial charge is 0.395 e. The fraction of sp³-hybridized carbons (Fsp3) is 0.158. The monoisotopic (exact) mass is 358 g/mol. The van der Waals surface area contributed by atoms with Gasteiger partial charge in [-0.1, -0.05) is 30.3 Å². The molecular formula is C19H16F2N2O3. The van der Waals surface area contributed by atoms with Crippen molar-refractivity contribution in [3.63, 3.8) is 0 Å². The van der Waals surface area contributed by atoms with E-state index in [0.29, 0.717) is 16.5 Å². The number of aliphatic hydroxyl groups is 1. The van der Waals surface area contributed by atoms with Gasteiger partial charge in [0.15, 0.2) is 0 Å². The molecule has 2 aromatic rings. The molecule has 1 N–H and O–H groups in total. The standard InChI is InChI=1S/C19H16F2N2O3/c1-22(9-10-24)17-16(12-5-3-2-4-6-12)18(25)23(19(17)26)15-8-7-13(20)11-14(15)21/h2-8,11,24H,9-10H2,1H3. The minimum absolute atomic E-state index is 0.0546. The molecule has 0 bridgehead atoms. The Hall–Kier alpha value is -3.06. The molecule has 0 spiro atoms. The second-order valence-corrected chi connectivity index (χ2v) is 5.78. The predicted octanol–water partition coefficient (Wildman–Crippen LogP) is 2.17. The van der Waals surface area contributed by atoms with Gasteiger partial charge in [0.25, 0.3) is 11.8 Å². The summed E-state index contributed by atoms with van der Waals surface area (Å²) >= 11 is 0. The average molecular weight is 358 g/mol. The second-order valence-electron chi connectivity index (χ2n) is 5.78. The Labute approximate surface area is 148 Å². The molecule has 7 heteroatoms. The number of halogens is 2. The van der Waals surface area contributed by atoms with Crippen molar-refractivity contribution in [1.82, 2.24) is 4.90 Å². The van der Waals surface area contributed by atoms with Gasteiger partial charge in [0.05, 0.1) is 17.9 Å². The summed E-state index contributed by atoms with van der Waals surface area (Å²) in [4.78, 5) is 28.0. The van der Waals surface area contributed by atoms with Crippen molar-refractivity contribution in [3.8, 4) is 0 Å². The third-order valence-corrected chi connectivity index (χ3v) is 4.09. The number of likely N-dealkylation sites (N-methyl/N-ethyl adjacent to an activating group) is 1. The van der Waals surface area contributed by atoms with Gasteiger partial charge in [0.1, 0.15) is 17.3 Å². The third kappa shape index (κ3) is 2.97. The van der Waals surface area contributed by atoms with Gasteiger partial charge < -0.3 is 10.0 Å². The second kappa shape index (κ2) is 7.05. The van der Waals surface area contributed by atoms with Crippen LogP contribution >= 0.6 is 0 Å². The lowest BCUT2D eigenvalue weighted by molar-refractivity contribution is -0.120. The van der Waals surface area contributed by atoms with Crippen LogP contribution in [0.2, 0.25) is 0 Å². The number of imide groups is 1. The summed E-state index contributed by atoms with van der Waals surface area (Å²) in [5.74, 6) is -3.24. The number of benzene rings is 2. The van der Waals surface area contributed by atoms with Gasteiger partial charge in [0, 0.05) is 19.7 Å². The third-order valence-electron chi connectivity index (χ3n) is 4.09. The molecule has 0 atom stereocenters.